The average Bonchev–Trinajstić information content (AvgIpc) is 2.43. The van der Waals surface area contributed by atoms with Crippen LogP contribution in [0.1, 0.15) is 5.56 Å². The predicted molar refractivity (Wildman–Crippen MR) is 91.0 cm³/mol. The van der Waals surface area contributed by atoms with E-state index in [1.54, 1.807) is 12.1 Å². The third-order valence-corrected chi connectivity index (χ3v) is 3.88. The highest BCUT2D eigenvalue weighted by Gasteiger charge is 2.05. The van der Waals surface area contributed by atoms with E-state index in [2.05, 4.69) is 10.6 Å². The van der Waals surface area contributed by atoms with Crippen molar-refractivity contribution in [3.8, 4) is 0 Å². The molecule has 2 nitrogen and oxygen atoms in total. The Labute approximate surface area is 138 Å². The molecule has 0 saturated heterocycles. The summed E-state index contributed by atoms with van der Waals surface area (Å²) in [7, 11) is 0. The molecule has 0 spiro atoms. The van der Waals surface area contributed by atoms with E-state index in [4.69, 9.17) is 47.0 Å². The van der Waals surface area contributed by atoms with Gasteiger partial charge in [-0.25, -0.2) is 0 Å². The first-order valence-electron chi connectivity index (χ1n) is 5.79. The van der Waals surface area contributed by atoms with E-state index < -0.39 is 0 Å². The van der Waals surface area contributed by atoms with Crippen molar-refractivity contribution in [3.05, 3.63) is 63.1 Å². The van der Waals surface area contributed by atoms with Crippen LogP contribution in [-0.2, 0) is 6.54 Å². The number of nitrogens with one attached hydrogen (secondary N) is 2. The molecule has 0 radical (unpaired) electrons. The number of halogens is 3. The fourth-order valence-electron chi connectivity index (χ4n) is 1.55. The lowest BCUT2D eigenvalue weighted by Crippen LogP contribution is -2.27. The normalized spacial score (nSPS) is 10.2. The number of anilines is 1. The fraction of sp³-hybridized carbons (Fsp3) is 0.0714. The highest BCUT2D eigenvalue weighted by molar-refractivity contribution is 7.80. The fourth-order valence-corrected chi connectivity index (χ4v) is 2.21. The van der Waals surface area contributed by atoms with E-state index in [9.17, 15) is 0 Å². The molecule has 2 rings (SSSR count). The van der Waals surface area contributed by atoms with E-state index in [-0.39, 0.29) is 0 Å². The Morgan fingerprint density at radius 1 is 1.00 bits per heavy atom. The zero-order valence-electron chi connectivity index (χ0n) is 10.3. The van der Waals surface area contributed by atoms with Gasteiger partial charge in [-0.15, -0.1) is 0 Å². The van der Waals surface area contributed by atoms with Crippen LogP contribution in [-0.4, -0.2) is 5.11 Å². The molecule has 6 heteroatoms. The minimum Gasteiger partial charge on any atom is -0.358 e. The maximum absolute atomic E-state index is 6.08. The van der Waals surface area contributed by atoms with Gasteiger partial charge in [-0.2, -0.15) is 0 Å². The van der Waals surface area contributed by atoms with Gasteiger partial charge >= 0.3 is 0 Å². The van der Waals surface area contributed by atoms with Crippen LogP contribution in [0.25, 0.3) is 0 Å². The van der Waals surface area contributed by atoms with Crippen LogP contribution in [0.4, 0.5) is 5.69 Å². The van der Waals surface area contributed by atoms with Gasteiger partial charge in [0, 0.05) is 11.6 Å². The summed E-state index contributed by atoms with van der Waals surface area (Å²) in [4.78, 5) is 0. The number of benzene rings is 2. The third-order valence-electron chi connectivity index (χ3n) is 2.57. The van der Waals surface area contributed by atoms with Crippen molar-refractivity contribution in [1.82, 2.24) is 5.32 Å². The third kappa shape index (κ3) is 4.25. The summed E-state index contributed by atoms with van der Waals surface area (Å²) in [5, 5.41) is 8.22. The van der Waals surface area contributed by atoms with E-state index in [1.807, 2.05) is 30.3 Å². The van der Waals surface area contributed by atoms with Gasteiger partial charge in [-0.3, -0.25) is 0 Å². The van der Waals surface area contributed by atoms with E-state index in [0.29, 0.717) is 32.4 Å². The van der Waals surface area contributed by atoms with Crippen LogP contribution in [0.15, 0.2) is 42.5 Å². The van der Waals surface area contributed by atoms with Crippen LogP contribution in [0, 0.1) is 0 Å². The van der Waals surface area contributed by atoms with Crippen LogP contribution >= 0.6 is 47.0 Å². The Balaban J connectivity index is 1.92. The topological polar surface area (TPSA) is 24.1 Å². The Morgan fingerprint density at radius 3 is 2.40 bits per heavy atom. The summed E-state index contributed by atoms with van der Waals surface area (Å²) in [5.74, 6) is 0. The second-order valence-corrected chi connectivity index (χ2v) is 5.67. The lowest BCUT2D eigenvalue weighted by atomic mass is 10.2. The van der Waals surface area contributed by atoms with Gasteiger partial charge in [0.15, 0.2) is 5.11 Å². The van der Waals surface area contributed by atoms with Gasteiger partial charge in [0.2, 0.25) is 0 Å². The second-order valence-electron chi connectivity index (χ2n) is 4.04. The van der Waals surface area contributed by atoms with Crippen molar-refractivity contribution in [2.45, 2.75) is 6.54 Å². The van der Waals surface area contributed by atoms with Crippen molar-refractivity contribution >= 4 is 57.8 Å². The number of rotatable bonds is 3. The summed E-state index contributed by atoms with van der Waals surface area (Å²) >= 11 is 23.1. The Kier molecular flexibility index (Phi) is 5.49. The smallest absolute Gasteiger partial charge is 0.171 e. The monoisotopic (exact) mass is 344 g/mol. The summed E-state index contributed by atoms with van der Waals surface area (Å²) in [5.41, 5.74) is 1.75. The van der Waals surface area contributed by atoms with Gasteiger partial charge in [-0.1, -0.05) is 53.0 Å². The summed E-state index contributed by atoms with van der Waals surface area (Å²) in [6, 6.07) is 12.9. The highest BCUT2D eigenvalue weighted by atomic mass is 35.5. The Morgan fingerprint density at radius 2 is 1.70 bits per heavy atom. The number of hydrogen-bond acceptors (Lipinski definition) is 1. The maximum Gasteiger partial charge on any atom is 0.171 e. The standard InChI is InChI=1S/C14H11Cl3N2S/c15-10-6-4-9(5-7-10)8-18-14(20)19-12-3-1-2-11(16)13(12)17/h1-7H,8H2,(H2,18,19,20). The molecule has 0 aliphatic carbocycles. The van der Waals surface area contributed by atoms with Gasteiger partial charge in [0.1, 0.15) is 0 Å². The van der Waals surface area contributed by atoms with Gasteiger partial charge in [0.25, 0.3) is 0 Å². The van der Waals surface area contributed by atoms with Crippen molar-refractivity contribution < 1.29 is 0 Å². The first-order chi connectivity index (χ1) is 9.56. The molecule has 20 heavy (non-hydrogen) atoms. The van der Waals surface area contributed by atoms with Crippen LogP contribution in [0.3, 0.4) is 0 Å². The zero-order valence-corrected chi connectivity index (χ0v) is 13.4. The lowest BCUT2D eigenvalue weighted by Gasteiger charge is -2.12. The molecule has 0 amide bonds. The minimum absolute atomic E-state index is 0.449. The average molecular weight is 346 g/mol. The van der Waals surface area contributed by atoms with Crippen molar-refractivity contribution in [2.75, 3.05) is 5.32 Å². The summed E-state index contributed by atoms with van der Waals surface area (Å²) in [6.07, 6.45) is 0. The molecule has 2 aromatic carbocycles. The van der Waals surface area contributed by atoms with E-state index in [1.165, 1.54) is 0 Å². The zero-order chi connectivity index (χ0) is 14.5. The summed E-state index contributed by atoms with van der Waals surface area (Å²) < 4.78 is 0. The SMILES string of the molecule is S=C(NCc1ccc(Cl)cc1)Nc1cccc(Cl)c1Cl. The van der Waals surface area contributed by atoms with Crippen LogP contribution in [0.2, 0.25) is 15.1 Å². The molecule has 0 heterocycles. The molecule has 0 aliphatic heterocycles. The largest absolute Gasteiger partial charge is 0.358 e. The molecular weight excluding hydrogens is 335 g/mol. The second kappa shape index (κ2) is 7.14. The molecular formula is C14H11Cl3N2S. The molecule has 0 bridgehead atoms. The molecule has 104 valence electrons. The minimum atomic E-state index is 0.449. The maximum atomic E-state index is 6.08. The first kappa shape index (κ1) is 15.4. The highest BCUT2D eigenvalue weighted by Crippen LogP contribution is 2.29. The lowest BCUT2D eigenvalue weighted by molar-refractivity contribution is 0.926. The van der Waals surface area contributed by atoms with Gasteiger partial charge in [-0.05, 0) is 42.0 Å². The van der Waals surface area contributed by atoms with Crippen LogP contribution < -0.4 is 10.6 Å². The molecule has 0 unspecified atom stereocenters. The molecule has 0 aliphatic rings. The first-order valence-corrected chi connectivity index (χ1v) is 7.34. The number of thiocarbonyl (C=S) groups is 1. The molecule has 0 fully saturated rings. The molecule has 2 N–H and O–H groups in total. The van der Waals surface area contributed by atoms with Crippen molar-refractivity contribution in [1.29, 1.82) is 0 Å². The molecule has 2 aromatic rings. The molecule has 0 atom stereocenters. The van der Waals surface area contributed by atoms with Gasteiger partial charge in [0.05, 0.1) is 15.7 Å². The van der Waals surface area contributed by atoms with Crippen LogP contribution in [0.5, 0.6) is 0 Å². The Hall–Kier alpha value is -1.000. The van der Waals surface area contributed by atoms with E-state index >= 15 is 0 Å². The van der Waals surface area contributed by atoms with Crippen molar-refractivity contribution in [3.63, 3.8) is 0 Å². The quantitative estimate of drug-likeness (QED) is 0.754. The number of hydrogen-bond donors (Lipinski definition) is 2. The summed E-state index contributed by atoms with van der Waals surface area (Å²) in [6.45, 7) is 0.598. The van der Waals surface area contributed by atoms with Gasteiger partial charge < -0.3 is 10.6 Å². The van der Waals surface area contributed by atoms with E-state index in [0.717, 1.165) is 5.56 Å². The Bertz CT molecular complexity index is 614. The molecule has 0 saturated carbocycles. The predicted octanol–water partition coefficient (Wildman–Crippen LogP) is 5.13. The van der Waals surface area contributed by atoms with Crippen molar-refractivity contribution in [2.24, 2.45) is 0 Å². The molecule has 0 aromatic heterocycles.